The van der Waals surface area contributed by atoms with Crippen LogP contribution in [0.1, 0.15) is 70.2 Å². The molecule has 3 saturated carbocycles. The van der Waals surface area contributed by atoms with Crippen LogP contribution in [0.15, 0.2) is 37.3 Å². The predicted molar refractivity (Wildman–Crippen MR) is 127 cm³/mol. The van der Waals surface area contributed by atoms with Gasteiger partial charge in [0.2, 0.25) is 0 Å². The molecule has 0 aromatic carbocycles. The number of rotatable bonds is 3. The van der Waals surface area contributed by atoms with Gasteiger partial charge in [-0.15, -0.1) is 6.58 Å². The highest BCUT2D eigenvalue weighted by Crippen LogP contribution is 2.68. The molecule has 0 saturated heterocycles. The topological polar surface area (TPSA) is 93.8 Å². The number of carbonyl (C=O) groups is 2. The minimum atomic E-state index is -0.684. The normalized spacial score (nSPS) is 42.0. The summed E-state index contributed by atoms with van der Waals surface area (Å²) in [5.41, 5.74) is -0.763. The van der Waals surface area contributed by atoms with E-state index < -0.39 is 29.0 Å². The van der Waals surface area contributed by atoms with E-state index in [0.717, 1.165) is 19.3 Å². The second-order valence-corrected chi connectivity index (χ2v) is 11.4. The molecule has 3 aliphatic rings. The van der Waals surface area contributed by atoms with E-state index in [-0.39, 0.29) is 29.0 Å². The molecule has 2 heterocycles. The average Bonchev–Trinajstić information content (AvgIpc) is 3.42. The Morgan fingerprint density at radius 2 is 2.09 bits per heavy atom. The highest BCUT2D eigenvalue weighted by Gasteiger charge is 2.68. The summed E-state index contributed by atoms with van der Waals surface area (Å²) in [6.45, 7) is 12.5. The number of carbonyl (C=O) groups excluding carboxylic acids is 2. The lowest BCUT2D eigenvalue weighted by Gasteiger charge is -2.61. The van der Waals surface area contributed by atoms with Crippen molar-refractivity contribution in [3.8, 4) is 0 Å². The molecule has 0 amide bonds. The van der Waals surface area contributed by atoms with E-state index in [4.69, 9.17) is 4.74 Å². The predicted octanol–water partition coefficient (Wildman–Crippen LogP) is 4.25. The van der Waals surface area contributed by atoms with Crippen LogP contribution >= 0.6 is 0 Å². The van der Waals surface area contributed by atoms with E-state index in [0.29, 0.717) is 24.1 Å². The van der Waals surface area contributed by atoms with Crippen molar-refractivity contribution in [1.82, 2.24) is 14.6 Å². The maximum Gasteiger partial charge on any atom is 0.343 e. The number of aliphatic hydroxyl groups excluding tert-OH is 1. The fraction of sp³-hybridized carbons (Fsp3) is 0.630. The zero-order valence-corrected chi connectivity index (χ0v) is 20.5. The van der Waals surface area contributed by atoms with Gasteiger partial charge < -0.3 is 9.84 Å². The van der Waals surface area contributed by atoms with Gasteiger partial charge in [-0.3, -0.25) is 4.79 Å². The third-order valence-electron chi connectivity index (χ3n) is 10.1. The van der Waals surface area contributed by atoms with E-state index in [1.807, 2.05) is 13.0 Å². The number of hydrogen-bond acceptors (Lipinski definition) is 6. The summed E-state index contributed by atoms with van der Waals surface area (Å²) >= 11 is 0. The van der Waals surface area contributed by atoms with Gasteiger partial charge in [0.25, 0.3) is 0 Å². The number of nitrogens with zero attached hydrogens (tertiary/aromatic N) is 3. The van der Waals surface area contributed by atoms with Crippen molar-refractivity contribution in [3.63, 3.8) is 0 Å². The van der Waals surface area contributed by atoms with Crippen molar-refractivity contribution in [2.75, 3.05) is 0 Å². The number of aliphatic hydroxyl groups is 1. The Balaban J connectivity index is 1.63. The molecule has 2 aromatic rings. The molecular formula is C27H35N3O4. The summed E-state index contributed by atoms with van der Waals surface area (Å²) < 4.78 is 7.88. The molecule has 34 heavy (non-hydrogen) atoms. The lowest BCUT2D eigenvalue weighted by atomic mass is 9.44. The number of esters is 1. The Labute approximate surface area is 200 Å². The van der Waals surface area contributed by atoms with Crippen molar-refractivity contribution in [2.45, 2.75) is 72.0 Å². The Hall–Kier alpha value is -2.54. The molecule has 2 aromatic heterocycles. The number of fused-ring (bicyclic) bond motifs is 1. The molecule has 0 spiro atoms. The van der Waals surface area contributed by atoms with Crippen LogP contribution in [-0.4, -0.2) is 43.7 Å². The van der Waals surface area contributed by atoms with E-state index in [1.54, 1.807) is 23.0 Å². The first-order valence-corrected chi connectivity index (χ1v) is 12.4. The first-order valence-electron chi connectivity index (χ1n) is 12.4. The summed E-state index contributed by atoms with van der Waals surface area (Å²) in [5, 5.41) is 15.9. The number of hydrogen-bond donors (Lipinski definition) is 1. The Morgan fingerprint density at radius 3 is 2.82 bits per heavy atom. The molecule has 3 fully saturated rings. The van der Waals surface area contributed by atoms with Gasteiger partial charge >= 0.3 is 5.97 Å². The largest absolute Gasteiger partial charge is 0.458 e. The van der Waals surface area contributed by atoms with Crippen molar-refractivity contribution < 1.29 is 19.4 Å². The van der Waals surface area contributed by atoms with Gasteiger partial charge in [0.15, 0.2) is 5.65 Å². The Bertz CT molecular complexity index is 1160. The molecule has 2 bridgehead atoms. The van der Waals surface area contributed by atoms with Crippen LogP contribution in [0, 0.1) is 34.0 Å². The quantitative estimate of drug-likeness (QED) is 0.538. The van der Waals surface area contributed by atoms with Crippen LogP contribution in [-0.2, 0) is 9.53 Å². The minimum absolute atomic E-state index is 0.0563. The van der Waals surface area contributed by atoms with Gasteiger partial charge in [-0.25, -0.2) is 14.3 Å². The molecule has 7 heteroatoms. The van der Waals surface area contributed by atoms with Crippen molar-refractivity contribution >= 4 is 17.4 Å². The molecule has 2 unspecified atom stereocenters. The summed E-state index contributed by atoms with van der Waals surface area (Å²) in [6.07, 6.45) is 8.94. The summed E-state index contributed by atoms with van der Waals surface area (Å²) in [7, 11) is 0. The lowest BCUT2D eigenvalue weighted by molar-refractivity contribution is -0.192. The van der Waals surface area contributed by atoms with Gasteiger partial charge in [0.05, 0.1) is 12.3 Å². The highest BCUT2D eigenvalue weighted by molar-refractivity contribution is 5.95. The van der Waals surface area contributed by atoms with E-state index in [2.05, 4.69) is 37.4 Å². The highest BCUT2D eigenvalue weighted by atomic mass is 16.5. The molecule has 8 atom stereocenters. The standard InChI is InChI=1S/C27H35N3O4/c1-6-25(4)14-20(34-24(33)18-15-29-30-13-7-12-28-23(18)30)26(5)16(2)8-10-27(17(3)22(25)32)11-9-19(31)21(26)27/h6-7,12-13,15-17,20-22,32H,1,8-11,14H2,2-5H3/t16-,17+,20-,21?,22+,25-,26+,27?/m1/s1. The van der Waals surface area contributed by atoms with E-state index in [9.17, 15) is 14.7 Å². The third-order valence-corrected chi connectivity index (χ3v) is 10.1. The number of ether oxygens (including phenoxy) is 1. The number of aromatic nitrogens is 3. The van der Waals surface area contributed by atoms with Crippen LogP contribution < -0.4 is 0 Å². The van der Waals surface area contributed by atoms with Gasteiger partial charge in [-0.05, 0) is 49.0 Å². The molecule has 0 radical (unpaired) electrons. The van der Waals surface area contributed by atoms with E-state index >= 15 is 0 Å². The fourth-order valence-corrected chi connectivity index (χ4v) is 7.67. The Kier molecular flexibility index (Phi) is 5.28. The van der Waals surface area contributed by atoms with Crippen LogP contribution in [0.5, 0.6) is 0 Å². The van der Waals surface area contributed by atoms with Gasteiger partial charge in [0, 0.05) is 35.6 Å². The second kappa shape index (κ2) is 7.74. The van der Waals surface area contributed by atoms with Crippen LogP contribution in [0.25, 0.3) is 5.65 Å². The van der Waals surface area contributed by atoms with Crippen LogP contribution in [0.3, 0.4) is 0 Å². The molecule has 0 aliphatic heterocycles. The van der Waals surface area contributed by atoms with E-state index in [1.165, 1.54) is 6.20 Å². The smallest absolute Gasteiger partial charge is 0.343 e. The van der Waals surface area contributed by atoms with Crippen molar-refractivity contribution in [1.29, 1.82) is 0 Å². The molecule has 182 valence electrons. The first-order chi connectivity index (χ1) is 16.1. The van der Waals surface area contributed by atoms with Gasteiger partial charge in [-0.1, -0.05) is 33.8 Å². The summed E-state index contributed by atoms with van der Waals surface area (Å²) in [5.74, 6) is -0.372. The minimum Gasteiger partial charge on any atom is -0.458 e. The molecule has 7 nitrogen and oxygen atoms in total. The third kappa shape index (κ3) is 2.98. The molecule has 3 aliphatic carbocycles. The van der Waals surface area contributed by atoms with Gasteiger partial charge in [0.1, 0.15) is 17.5 Å². The maximum absolute atomic E-state index is 13.5. The SMILES string of the molecule is C=C[C@]1(C)C[C@@H](OC(=O)c2cnn3cccnc23)[C@@]2(C)C3C(=O)CCC3(CC[C@H]2C)[C@@H](C)[C@@H]1O. The zero-order chi connectivity index (χ0) is 24.5. The summed E-state index contributed by atoms with van der Waals surface area (Å²) in [4.78, 5) is 31.3. The number of Topliss-reactive ketones (excluding diaryl/α,β-unsaturated/α-hetero) is 1. The summed E-state index contributed by atoms with van der Waals surface area (Å²) in [6, 6.07) is 1.75. The molecular weight excluding hydrogens is 430 g/mol. The maximum atomic E-state index is 13.5. The Morgan fingerprint density at radius 1 is 1.32 bits per heavy atom. The molecule has 5 rings (SSSR count). The first kappa shape index (κ1) is 23.2. The van der Waals surface area contributed by atoms with Crippen LogP contribution in [0.4, 0.5) is 0 Å². The van der Waals surface area contributed by atoms with Gasteiger partial charge in [-0.2, -0.15) is 5.10 Å². The zero-order valence-electron chi connectivity index (χ0n) is 20.5. The second-order valence-electron chi connectivity index (χ2n) is 11.4. The van der Waals surface area contributed by atoms with Crippen LogP contribution in [0.2, 0.25) is 0 Å². The average molecular weight is 466 g/mol. The lowest BCUT2D eigenvalue weighted by Crippen LogP contribution is -2.63. The number of ketones is 1. The van der Waals surface area contributed by atoms with Crippen molar-refractivity contribution in [3.05, 3.63) is 42.9 Å². The molecule has 1 N–H and O–H groups in total. The monoisotopic (exact) mass is 465 g/mol. The van der Waals surface area contributed by atoms with Crippen molar-refractivity contribution in [2.24, 2.45) is 34.0 Å². The fourth-order valence-electron chi connectivity index (χ4n) is 7.67.